The Labute approximate surface area is 127 Å². The lowest BCUT2D eigenvalue weighted by atomic mass is 9.48. The van der Waals surface area contributed by atoms with Gasteiger partial charge in [0.25, 0.3) is 0 Å². The Morgan fingerprint density at radius 1 is 1.05 bits per heavy atom. The molecule has 110 valence electrons. The summed E-state index contributed by atoms with van der Waals surface area (Å²) in [7, 11) is 0. The van der Waals surface area contributed by atoms with Crippen molar-refractivity contribution >= 4 is 18.1 Å². The van der Waals surface area contributed by atoms with E-state index in [1.165, 1.54) is 24.9 Å². The van der Waals surface area contributed by atoms with E-state index in [-0.39, 0.29) is 18.0 Å². The van der Waals surface area contributed by atoms with Crippen LogP contribution in [-0.4, -0.2) is 17.3 Å². The number of para-hydroxylation sites is 1. The molecule has 2 atom stereocenters. The maximum Gasteiger partial charge on any atom is 0.0659 e. The van der Waals surface area contributed by atoms with E-state index in [1.807, 2.05) is 0 Å². The molecule has 0 aromatic heterocycles. The molecule has 0 saturated heterocycles. The first kappa shape index (κ1) is 14.2. The molecule has 4 aliphatic carbocycles. The number of anilines is 1. The van der Waals surface area contributed by atoms with Gasteiger partial charge in [0.05, 0.1) is 5.60 Å². The summed E-state index contributed by atoms with van der Waals surface area (Å²) in [5.41, 5.74) is 1.24. The molecule has 4 aliphatic rings. The van der Waals surface area contributed by atoms with Crippen LogP contribution in [0.3, 0.4) is 0 Å². The van der Waals surface area contributed by atoms with Crippen LogP contribution in [0.4, 0.5) is 5.69 Å². The first-order chi connectivity index (χ1) is 9.15. The molecule has 5 rings (SSSR count). The van der Waals surface area contributed by atoms with Crippen molar-refractivity contribution in [3.8, 4) is 0 Å². The Bertz CT molecular complexity index is 461. The lowest BCUT2D eigenvalue weighted by Gasteiger charge is -2.60. The van der Waals surface area contributed by atoms with Gasteiger partial charge in [-0.1, -0.05) is 18.2 Å². The van der Waals surface area contributed by atoms with E-state index in [9.17, 15) is 5.11 Å². The number of rotatable bonds is 3. The summed E-state index contributed by atoms with van der Waals surface area (Å²) in [6.07, 6.45) is 7.17. The highest BCUT2D eigenvalue weighted by Crippen LogP contribution is 2.61. The molecule has 0 spiro atoms. The number of hydrogen-bond donors (Lipinski definition) is 2. The Morgan fingerprint density at radius 2 is 1.70 bits per heavy atom. The van der Waals surface area contributed by atoms with Gasteiger partial charge in [0, 0.05) is 12.2 Å². The van der Waals surface area contributed by atoms with Gasteiger partial charge in [0.2, 0.25) is 0 Å². The molecule has 0 heterocycles. The lowest BCUT2D eigenvalue weighted by Crippen LogP contribution is -2.57. The molecule has 4 saturated carbocycles. The molecule has 2 nitrogen and oxygen atoms in total. The zero-order chi connectivity index (χ0) is 12.9. The van der Waals surface area contributed by atoms with Gasteiger partial charge < -0.3 is 10.4 Å². The second-order valence-electron chi connectivity index (χ2n) is 7.40. The van der Waals surface area contributed by atoms with Crippen LogP contribution in [0.2, 0.25) is 0 Å². The smallest absolute Gasteiger partial charge is 0.0659 e. The molecule has 0 amide bonds. The largest absolute Gasteiger partial charge is 0.390 e. The molecule has 0 radical (unpaired) electrons. The van der Waals surface area contributed by atoms with Crippen LogP contribution in [0.1, 0.15) is 38.5 Å². The van der Waals surface area contributed by atoms with Crippen LogP contribution in [0, 0.1) is 17.3 Å². The molecule has 4 fully saturated rings. The van der Waals surface area contributed by atoms with Crippen molar-refractivity contribution in [2.75, 3.05) is 11.9 Å². The molecule has 2 N–H and O–H groups in total. The molecule has 1 aromatic carbocycles. The molecule has 0 aliphatic heterocycles. The van der Waals surface area contributed by atoms with E-state index in [0.29, 0.717) is 5.41 Å². The van der Waals surface area contributed by atoms with Gasteiger partial charge in [-0.15, -0.1) is 12.4 Å². The van der Waals surface area contributed by atoms with Crippen molar-refractivity contribution in [1.29, 1.82) is 0 Å². The van der Waals surface area contributed by atoms with Crippen molar-refractivity contribution in [1.82, 2.24) is 0 Å². The lowest BCUT2D eigenvalue weighted by molar-refractivity contribution is -0.158. The van der Waals surface area contributed by atoms with E-state index >= 15 is 0 Å². The van der Waals surface area contributed by atoms with Crippen molar-refractivity contribution in [2.45, 2.75) is 44.1 Å². The topological polar surface area (TPSA) is 32.3 Å². The Hall–Kier alpha value is -0.730. The van der Waals surface area contributed by atoms with Gasteiger partial charge in [-0.05, 0) is 67.9 Å². The van der Waals surface area contributed by atoms with Crippen LogP contribution < -0.4 is 5.32 Å². The highest BCUT2D eigenvalue weighted by atomic mass is 35.5. The molecular formula is C17H24ClNO. The van der Waals surface area contributed by atoms with Gasteiger partial charge in [-0.25, -0.2) is 0 Å². The first-order valence-electron chi connectivity index (χ1n) is 7.66. The van der Waals surface area contributed by atoms with E-state index in [0.717, 1.165) is 37.6 Å². The SMILES string of the molecule is Cl.OC12CC3CC(C1)CC(CNc1ccccc1)(C3)C2. The minimum atomic E-state index is -0.331. The fourth-order valence-electron chi connectivity index (χ4n) is 5.45. The van der Waals surface area contributed by atoms with Crippen LogP contribution in [0.15, 0.2) is 30.3 Å². The molecule has 3 heteroatoms. The highest BCUT2D eigenvalue weighted by Gasteiger charge is 2.56. The number of aliphatic hydroxyl groups is 1. The normalized spacial score (nSPS) is 41.2. The first-order valence-corrected chi connectivity index (χ1v) is 7.66. The summed E-state index contributed by atoms with van der Waals surface area (Å²) in [6.45, 7) is 1.03. The van der Waals surface area contributed by atoms with Crippen molar-refractivity contribution < 1.29 is 5.11 Å². The van der Waals surface area contributed by atoms with E-state index < -0.39 is 0 Å². The summed E-state index contributed by atoms with van der Waals surface area (Å²) in [6, 6.07) is 10.5. The maximum atomic E-state index is 10.7. The molecule has 4 bridgehead atoms. The Balaban J connectivity index is 0.00000121. The predicted octanol–water partition coefficient (Wildman–Crippen LogP) is 3.85. The van der Waals surface area contributed by atoms with Crippen LogP contribution in [-0.2, 0) is 0 Å². The molecular weight excluding hydrogens is 270 g/mol. The zero-order valence-electron chi connectivity index (χ0n) is 11.8. The van der Waals surface area contributed by atoms with E-state index in [2.05, 4.69) is 35.6 Å². The third-order valence-electron chi connectivity index (χ3n) is 5.59. The van der Waals surface area contributed by atoms with E-state index in [1.54, 1.807) is 0 Å². The van der Waals surface area contributed by atoms with Crippen LogP contribution in [0.25, 0.3) is 0 Å². The van der Waals surface area contributed by atoms with Crippen molar-refractivity contribution in [3.63, 3.8) is 0 Å². The summed E-state index contributed by atoms with van der Waals surface area (Å²) >= 11 is 0. The van der Waals surface area contributed by atoms with Gasteiger partial charge in [0.1, 0.15) is 0 Å². The average Bonchev–Trinajstić information content (AvgIpc) is 2.35. The van der Waals surface area contributed by atoms with Gasteiger partial charge >= 0.3 is 0 Å². The zero-order valence-corrected chi connectivity index (χ0v) is 12.7. The number of benzene rings is 1. The van der Waals surface area contributed by atoms with Crippen LogP contribution in [0.5, 0.6) is 0 Å². The minimum Gasteiger partial charge on any atom is -0.390 e. The van der Waals surface area contributed by atoms with Gasteiger partial charge in [0.15, 0.2) is 0 Å². The van der Waals surface area contributed by atoms with Crippen LogP contribution >= 0.6 is 12.4 Å². The fourth-order valence-corrected chi connectivity index (χ4v) is 5.45. The second-order valence-corrected chi connectivity index (χ2v) is 7.40. The highest BCUT2D eigenvalue weighted by molar-refractivity contribution is 5.85. The van der Waals surface area contributed by atoms with E-state index in [4.69, 9.17) is 0 Å². The predicted molar refractivity (Wildman–Crippen MR) is 84.2 cm³/mol. The molecule has 1 aromatic rings. The number of halogens is 1. The van der Waals surface area contributed by atoms with Crippen molar-refractivity contribution in [3.05, 3.63) is 30.3 Å². The average molecular weight is 294 g/mol. The Kier molecular flexibility index (Phi) is 3.50. The summed E-state index contributed by atoms with van der Waals surface area (Å²) < 4.78 is 0. The third kappa shape index (κ3) is 2.44. The summed E-state index contributed by atoms with van der Waals surface area (Å²) in [5.74, 6) is 1.56. The minimum absolute atomic E-state index is 0. The molecule has 20 heavy (non-hydrogen) atoms. The second kappa shape index (κ2) is 4.92. The van der Waals surface area contributed by atoms with Crippen molar-refractivity contribution in [2.24, 2.45) is 17.3 Å². The standard InChI is InChI=1S/C17H23NO.ClH/c19-17-9-13-6-14(10-17)8-16(7-13,11-17)12-18-15-4-2-1-3-5-15;/h1-5,13-14,18-19H,6-12H2;1H. The number of nitrogens with one attached hydrogen (secondary N) is 1. The van der Waals surface area contributed by atoms with Gasteiger partial charge in [-0.3, -0.25) is 0 Å². The van der Waals surface area contributed by atoms with Gasteiger partial charge in [-0.2, -0.15) is 0 Å². The maximum absolute atomic E-state index is 10.7. The quantitative estimate of drug-likeness (QED) is 0.887. The summed E-state index contributed by atoms with van der Waals surface area (Å²) in [5, 5.41) is 14.3. The Morgan fingerprint density at radius 3 is 2.30 bits per heavy atom. The third-order valence-corrected chi connectivity index (χ3v) is 5.59. The summed E-state index contributed by atoms with van der Waals surface area (Å²) in [4.78, 5) is 0. The monoisotopic (exact) mass is 293 g/mol. The number of hydrogen-bond acceptors (Lipinski definition) is 2. The fraction of sp³-hybridized carbons (Fsp3) is 0.647. The molecule has 2 unspecified atom stereocenters.